The zero-order valence-electron chi connectivity index (χ0n) is 16.5. The number of sulfonamides is 1. The van der Waals surface area contributed by atoms with Crippen LogP contribution in [0.4, 0.5) is 11.4 Å². The summed E-state index contributed by atoms with van der Waals surface area (Å²) in [6, 6.07) is 11.7. The molecule has 0 bridgehead atoms. The lowest BCUT2D eigenvalue weighted by Crippen LogP contribution is -2.41. The molecule has 2 N–H and O–H groups in total. The average Bonchev–Trinajstić information content (AvgIpc) is 2.58. The van der Waals surface area contributed by atoms with Crippen LogP contribution in [0.5, 0.6) is 0 Å². The van der Waals surface area contributed by atoms with Crippen LogP contribution in [-0.2, 0) is 16.6 Å². The lowest BCUT2D eigenvalue weighted by atomic mass is 10.1. The lowest BCUT2D eigenvalue weighted by Gasteiger charge is -2.32. The predicted octanol–water partition coefficient (Wildman–Crippen LogP) is 4.22. The van der Waals surface area contributed by atoms with Crippen LogP contribution in [0.2, 0.25) is 5.02 Å². The van der Waals surface area contributed by atoms with Gasteiger partial charge in [0, 0.05) is 43.1 Å². The van der Waals surface area contributed by atoms with Crippen molar-refractivity contribution in [2.24, 2.45) is 5.92 Å². The van der Waals surface area contributed by atoms with E-state index >= 15 is 0 Å². The van der Waals surface area contributed by atoms with Gasteiger partial charge >= 0.3 is 0 Å². The molecule has 0 aliphatic heterocycles. The summed E-state index contributed by atoms with van der Waals surface area (Å²) in [5.41, 5.74) is 8.38. The molecule has 7 heteroatoms. The van der Waals surface area contributed by atoms with Gasteiger partial charge in [-0.15, -0.1) is 0 Å². The highest BCUT2D eigenvalue weighted by Gasteiger charge is 2.31. The molecular formula is C20H28ClN3O2S. The molecule has 2 rings (SSSR count). The van der Waals surface area contributed by atoms with Crippen LogP contribution < -0.4 is 10.6 Å². The van der Waals surface area contributed by atoms with Crippen molar-refractivity contribution in [3.8, 4) is 0 Å². The Morgan fingerprint density at radius 1 is 1.07 bits per heavy atom. The molecule has 0 aliphatic carbocycles. The van der Waals surface area contributed by atoms with E-state index in [1.165, 1.54) is 10.4 Å². The van der Waals surface area contributed by atoms with Gasteiger partial charge in [-0.2, -0.15) is 4.31 Å². The van der Waals surface area contributed by atoms with E-state index in [0.717, 1.165) is 11.3 Å². The van der Waals surface area contributed by atoms with Crippen molar-refractivity contribution < 1.29 is 8.42 Å². The first-order valence-corrected chi connectivity index (χ1v) is 10.7. The largest absolute Gasteiger partial charge is 0.399 e. The third-order valence-electron chi connectivity index (χ3n) is 4.73. The summed E-state index contributed by atoms with van der Waals surface area (Å²) < 4.78 is 28.4. The maximum absolute atomic E-state index is 13.4. The average molecular weight is 410 g/mol. The summed E-state index contributed by atoms with van der Waals surface area (Å²) in [4.78, 5) is 2.15. The number of nitrogens with zero attached hydrogens (tertiary/aromatic N) is 2. The minimum Gasteiger partial charge on any atom is -0.399 e. The van der Waals surface area contributed by atoms with Crippen molar-refractivity contribution in [2.45, 2.75) is 38.3 Å². The lowest BCUT2D eigenvalue weighted by molar-refractivity contribution is 0.270. The Kier molecular flexibility index (Phi) is 6.78. The van der Waals surface area contributed by atoms with Gasteiger partial charge in [0.1, 0.15) is 0 Å². The normalized spacial score (nSPS) is 13.2. The third kappa shape index (κ3) is 4.94. The molecule has 0 aromatic heterocycles. The Hall–Kier alpha value is -1.76. The van der Waals surface area contributed by atoms with E-state index in [-0.39, 0.29) is 23.4 Å². The Morgan fingerprint density at radius 2 is 1.74 bits per heavy atom. The van der Waals surface area contributed by atoms with E-state index < -0.39 is 10.0 Å². The number of anilines is 2. The van der Waals surface area contributed by atoms with Gasteiger partial charge in [-0.05, 0) is 54.8 Å². The van der Waals surface area contributed by atoms with Gasteiger partial charge in [0.15, 0.2) is 0 Å². The first kappa shape index (κ1) is 21.5. The summed E-state index contributed by atoms with van der Waals surface area (Å²) in [7, 11) is 0.123. The molecular weight excluding hydrogens is 382 g/mol. The summed E-state index contributed by atoms with van der Waals surface area (Å²) in [5.74, 6) is 0.142. The van der Waals surface area contributed by atoms with E-state index in [1.54, 1.807) is 18.2 Å². The van der Waals surface area contributed by atoms with Crippen LogP contribution in [-0.4, -0.2) is 32.9 Å². The molecule has 0 radical (unpaired) electrons. The first-order valence-electron chi connectivity index (χ1n) is 8.87. The topological polar surface area (TPSA) is 66.6 Å². The van der Waals surface area contributed by atoms with Crippen LogP contribution in [0.3, 0.4) is 0 Å². The Bertz CT molecular complexity index is 898. The SMILES string of the molecule is CC(C)[C@@H](C)N(Cc1cc(N)ccc1N(C)C)S(=O)(=O)c1cccc(Cl)c1. The van der Waals surface area contributed by atoms with Crippen molar-refractivity contribution in [3.63, 3.8) is 0 Å². The van der Waals surface area contributed by atoms with Crippen LogP contribution >= 0.6 is 11.6 Å². The minimum absolute atomic E-state index is 0.142. The smallest absolute Gasteiger partial charge is 0.243 e. The van der Waals surface area contributed by atoms with Crippen molar-refractivity contribution in [1.29, 1.82) is 0 Å². The van der Waals surface area contributed by atoms with E-state index in [1.807, 2.05) is 58.0 Å². The van der Waals surface area contributed by atoms with Crippen molar-refractivity contribution >= 4 is 33.0 Å². The van der Waals surface area contributed by atoms with Gasteiger partial charge in [0.05, 0.1) is 4.90 Å². The molecule has 27 heavy (non-hydrogen) atoms. The molecule has 0 saturated heterocycles. The molecule has 0 aliphatic rings. The van der Waals surface area contributed by atoms with Gasteiger partial charge in [0.2, 0.25) is 10.0 Å². The third-order valence-corrected chi connectivity index (χ3v) is 6.90. The van der Waals surface area contributed by atoms with Crippen LogP contribution in [0, 0.1) is 5.92 Å². The summed E-state index contributed by atoms with van der Waals surface area (Å²) >= 11 is 6.04. The van der Waals surface area contributed by atoms with E-state index in [0.29, 0.717) is 10.7 Å². The van der Waals surface area contributed by atoms with Crippen LogP contribution in [0.1, 0.15) is 26.3 Å². The quantitative estimate of drug-likeness (QED) is 0.695. The summed E-state index contributed by atoms with van der Waals surface area (Å²) in [6.07, 6.45) is 0. The maximum Gasteiger partial charge on any atom is 0.243 e. The molecule has 0 saturated carbocycles. The van der Waals surface area contributed by atoms with Gasteiger partial charge in [0.25, 0.3) is 0 Å². The predicted molar refractivity (Wildman–Crippen MR) is 114 cm³/mol. The monoisotopic (exact) mass is 409 g/mol. The van der Waals surface area contributed by atoms with Crippen LogP contribution in [0.15, 0.2) is 47.4 Å². The van der Waals surface area contributed by atoms with Gasteiger partial charge in [-0.25, -0.2) is 8.42 Å². The minimum atomic E-state index is -3.73. The number of hydrogen-bond acceptors (Lipinski definition) is 4. The zero-order valence-corrected chi connectivity index (χ0v) is 18.1. The highest BCUT2D eigenvalue weighted by Crippen LogP contribution is 2.29. The van der Waals surface area contributed by atoms with Crippen molar-refractivity contribution in [2.75, 3.05) is 24.7 Å². The Morgan fingerprint density at radius 3 is 2.30 bits per heavy atom. The maximum atomic E-state index is 13.4. The second-order valence-corrected chi connectivity index (χ2v) is 9.60. The fraction of sp³-hybridized carbons (Fsp3) is 0.400. The van der Waals surface area contributed by atoms with Gasteiger partial charge < -0.3 is 10.6 Å². The summed E-state index contributed by atoms with van der Waals surface area (Å²) in [5, 5.41) is 0.395. The van der Waals surface area contributed by atoms with Crippen molar-refractivity contribution in [1.82, 2.24) is 4.31 Å². The number of nitrogens with two attached hydrogens (primary N) is 1. The van der Waals surface area contributed by atoms with Gasteiger partial charge in [-0.3, -0.25) is 0 Å². The van der Waals surface area contributed by atoms with E-state index in [9.17, 15) is 8.42 Å². The molecule has 148 valence electrons. The molecule has 5 nitrogen and oxygen atoms in total. The molecule has 2 aromatic rings. The molecule has 0 heterocycles. The second-order valence-electron chi connectivity index (χ2n) is 7.27. The fourth-order valence-corrected chi connectivity index (χ4v) is 4.92. The second kappa shape index (κ2) is 8.50. The number of halogens is 1. The number of benzene rings is 2. The van der Waals surface area contributed by atoms with Crippen molar-refractivity contribution in [3.05, 3.63) is 53.1 Å². The molecule has 0 unspecified atom stereocenters. The highest BCUT2D eigenvalue weighted by molar-refractivity contribution is 7.89. The standard InChI is InChI=1S/C20H28ClN3O2S/c1-14(2)15(3)24(27(25,26)19-8-6-7-17(21)12-19)13-16-11-18(22)9-10-20(16)23(4)5/h6-12,14-15H,13,22H2,1-5H3/t15-/m1/s1. The number of nitrogen functional groups attached to an aromatic ring is 1. The zero-order chi connectivity index (χ0) is 20.4. The van der Waals surface area contributed by atoms with Crippen LogP contribution in [0.25, 0.3) is 0 Å². The van der Waals surface area contributed by atoms with Gasteiger partial charge in [-0.1, -0.05) is 31.5 Å². The molecule has 0 fully saturated rings. The number of rotatable bonds is 7. The highest BCUT2D eigenvalue weighted by atomic mass is 35.5. The Balaban J connectivity index is 2.56. The van der Waals surface area contributed by atoms with E-state index in [2.05, 4.69) is 0 Å². The molecule has 1 atom stereocenters. The molecule has 0 amide bonds. The number of hydrogen-bond donors (Lipinski definition) is 1. The first-order chi connectivity index (χ1) is 12.5. The molecule has 2 aromatic carbocycles. The Labute approximate surface area is 167 Å². The summed E-state index contributed by atoms with van der Waals surface area (Å²) in [6.45, 7) is 6.18. The molecule has 0 spiro atoms. The van der Waals surface area contributed by atoms with E-state index in [4.69, 9.17) is 17.3 Å². The fourth-order valence-electron chi connectivity index (χ4n) is 2.88.